The van der Waals surface area contributed by atoms with Gasteiger partial charge in [-0.3, -0.25) is 14.4 Å². The Kier molecular flexibility index (Phi) is 9.08. The number of carbonyl (C=O) groups is 4. The van der Waals surface area contributed by atoms with Gasteiger partial charge in [0, 0.05) is 34.5 Å². The number of fused-ring (bicyclic) bond motifs is 1. The van der Waals surface area contributed by atoms with Crippen molar-refractivity contribution < 1.29 is 23.9 Å². The molecule has 0 saturated carbocycles. The van der Waals surface area contributed by atoms with Crippen LogP contribution in [0.2, 0.25) is 0 Å². The number of benzene rings is 2. The molecule has 1 aliphatic heterocycles. The van der Waals surface area contributed by atoms with Gasteiger partial charge in [0.25, 0.3) is 5.91 Å². The van der Waals surface area contributed by atoms with E-state index in [9.17, 15) is 19.2 Å². The highest BCUT2D eigenvalue weighted by atomic mass is 32.2. The SMILES string of the molecule is CCOC(=O)c1c(NC(=O)C(C)Sc2cccc(NC(=O)c3ccccc3C)c2)sc2c1CCN(C(C)=O)C2. The molecule has 1 atom stereocenters. The van der Waals surface area contributed by atoms with Gasteiger partial charge in [-0.2, -0.15) is 0 Å². The van der Waals surface area contributed by atoms with Crippen LogP contribution >= 0.6 is 23.1 Å². The topological polar surface area (TPSA) is 105 Å². The van der Waals surface area contributed by atoms with E-state index in [0.29, 0.717) is 41.3 Å². The van der Waals surface area contributed by atoms with Gasteiger partial charge in [0.2, 0.25) is 11.8 Å². The number of carbonyl (C=O) groups excluding carboxylic acids is 4. The van der Waals surface area contributed by atoms with Crippen LogP contribution in [-0.4, -0.2) is 47.0 Å². The van der Waals surface area contributed by atoms with Crippen LogP contribution in [-0.2, 0) is 27.3 Å². The number of aryl methyl sites for hydroxylation is 1. The van der Waals surface area contributed by atoms with Crippen molar-refractivity contribution in [1.29, 1.82) is 0 Å². The molecule has 2 heterocycles. The Morgan fingerprint density at radius 1 is 1.10 bits per heavy atom. The second-order valence-electron chi connectivity index (χ2n) is 9.17. The smallest absolute Gasteiger partial charge is 0.341 e. The fourth-order valence-electron chi connectivity index (χ4n) is 4.32. The number of amides is 3. The van der Waals surface area contributed by atoms with E-state index < -0.39 is 11.2 Å². The van der Waals surface area contributed by atoms with Crippen LogP contribution in [0.1, 0.15) is 57.5 Å². The number of thioether (sulfide) groups is 1. The summed E-state index contributed by atoms with van der Waals surface area (Å²) in [4.78, 5) is 54.1. The zero-order valence-corrected chi connectivity index (χ0v) is 24.0. The maximum Gasteiger partial charge on any atom is 0.341 e. The molecular weight excluding hydrogens is 534 g/mol. The number of esters is 1. The van der Waals surface area contributed by atoms with Crippen LogP contribution in [0.15, 0.2) is 53.4 Å². The van der Waals surface area contributed by atoms with E-state index in [-0.39, 0.29) is 24.3 Å². The number of rotatable bonds is 8. The normalized spacial score (nSPS) is 13.3. The number of anilines is 2. The first-order valence-corrected chi connectivity index (χ1v) is 14.4. The minimum Gasteiger partial charge on any atom is -0.462 e. The summed E-state index contributed by atoms with van der Waals surface area (Å²) in [5.41, 5.74) is 3.34. The van der Waals surface area contributed by atoms with Gasteiger partial charge in [-0.25, -0.2) is 4.79 Å². The number of nitrogens with zero attached hydrogens (tertiary/aromatic N) is 1. The fourth-order valence-corrected chi connectivity index (χ4v) is 6.50. The molecule has 0 radical (unpaired) electrons. The minimum atomic E-state index is -0.491. The van der Waals surface area contributed by atoms with E-state index in [1.165, 1.54) is 30.0 Å². The quantitative estimate of drug-likeness (QED) is 0.276. The monoisotopic (exact) mass is 565 g/mol. The van der Waals surface area contributed by atoms with E-state index in [4.69, 9.17) is 4.74 Å². The minimum absolute atomic E-state index is 0.0281. The van der Waals surface area contributed by atoms with Gasteiger partial charge in [0.15, 0.2) is 0 Å². The van der Waals surface area contributed by atoms with Crippen molar-refractivity contribution in [2.24, 2.45) is 0 Å². The molecule has 0 aliphatic carbocycles. The molecule has 0 fully saturated rings. The Balaban J connectivity index is 1.47. The number of thiophene rings is 1. The van der Waals surface area contributed by atoms with Crippen molar-refractivity contribution >= 4 is 57.5 Å². The van der Waals surface area contributed by atoms with E-state index in [1.54, 1.807) is 30.9 Å². The third-order valence-corrected chi connectivity index (χ3v) is 8.61. The lowest BCUT2D eigenvalue weighted by molar-refractivity contribution is -0.129. The van der Waals surface area contributed by atoms with Crippen molar-refractivity contribution in [2.45, 2.75) is 50.8 Å². The zero-order chi connectivity index (χ0) is 28.1. The van der Waals surface area contributed by atoms with Gasteiger partial charge in [-0.1, -0.05) is 24.3 Å². The molecular formula is C29H31N3O5S2. The van der Waals surface area contributed by atoms with Crippen LogP contribution in [0.25, 0.3) is 0 Å². The first kappa shape index (κ1) is 28.4. The predicted molar refractivity (Wildman–Crippen MR) is 155 cm³/mol. The van der Waals surface area contributed by atoms with Crippen LogP contribution < -0.4 is 10.6 Å². The summed E-state index contributed by atoms with van der Waals surface area (Å²) >= 11 is 2.66. The first-order chi connectivity index (χ1) is 18.7. The van der Waals surface area contributed by atoms with Gasteiger partial charge in [0.1, 0.15) is 5.00 Å². The van der Waals surface area contributed by atoms with Crippen molar-refractivity contribution in [1.82, 2.24) is 4.90 Å². The summed E-state index contributed by atoms with van der Waals surface area (Å²) in [6.45, 7) is 8.08. The third-order valence-electron chi connectivity index (χ3n) is 6.38. The van der Waals surface area contributed by atoms with Gasteiger partial charge in [-0.15, -0.1) is 23.1 Å². The highest BCUT2D eigenvalue weighted by Gasteiger charge is 2.31. The molecule has 0 spiro atoms. The fraction of sp³-hybridized carbons (Fsp3) is 0.310. The molecule has 4 rings (SSSR count). The van der Waals surface area contributed by atoms with E-state index in [2.05, 4.69) is 10.6 Å². The first-order valence-electron chi connectivity index (χ1n) is 12.7. The lowest BCUT2D eigenvalue weighted by atomic mass is 10.0. The number of nitrogens with one attached hydrogen (secondary N) is 2. The molecule has 0 saturated heterocycles. The summed E-state index contributed by atoms with van der Waals surface area (Å²) in [5, 5.41) is 5.81. The van der Waals surface area contributed by atoms with E-state index >= 15 is 0 Å². The van der Waals surface area contributed by atoms with Crippen LogP contribution in [0.4, 0.5) is 10.7 Å². The van der Waals surface area contributed by atoms with Gasteiger partial charge >= 0.3 is 5.97 Å². The number of ether oxygens (including phenoxy) is 1. The van der Waals surface area contributed by atoms with Crippen molar-refractivity contribution in [3.05, 3.63) is 75.7 Å². The van der Waals surface area contributed by atoms with E-state index in [0.717, 1.165) is 20.9 Å². The van der Waals surface area contributed by atoms with Gasteiger partial charge in [0.05, 0.1) is 24.0 Å². The molecule has 2 aromatic carbocycles. The molecule has 1 unspecified atom stereocenters. The Bertz CT molecular complexity index is 1420. The molecule has 3 amide bonds. The summed E-state index contributed by atoms with van der Waals surface area (Å²) < 4.78 is 5.29. The maximum atomic E-state index is 13.2. The third kappa shape index (κ3) is 6.69. The number of hydrogen-bond donors (Lipinski definition) is 2. The van der Waals surface area contributed by atoms with Crippen molar-refractivity contribution in [3.8, 4) is 0 Å². The molecule has 1 aliphatic rings. The summed E-state index contributed by atoms with van der Waals surface area (Å²) in [6.07, 6.45) is 0.529. The Hall–Kier alpha value is -3.63. The molecule has 10 heteroatoms. The van der Waals surface area contributed by atoms with Crippen LogP contribution in [0, 0.1) is 6.92 Å². The molecule has 1 aromatic heterocycles. The second-order valence-corrected chi connectivity index (χ2v) is 11.7. The average molecular weight is 566 g/mol. The van der Waals surface area contributed by atoms with Crippen LogP contribution in [0.3, 0.4) is 0 Å². The van der Waals surface area contributed by atoms with Crippen molar-refractivity contribution in [3.63, 3.8) is 0 Å². The molecule has 204 valence electrons. The predicted octanol–water partition coefficient (Wildman–Crippen LogP) is 5.51. The summed E-state index contributed by atoms with van der Waals surface area (Å²) in [5.74, 6) is -0.960. The Labute approximate surface area is 236 Å². The molecule has 2 N–H and O–H groups in total. The average Bonchev–Trinajstić information content (AvgIpc) is 3.26. The molecule has 0 bridgehead atoms. The highest BCUT2D eigenvalue weighted by Crippen LogP contribution is 2.38. The zero-order valence-electron chi connectivity index (χ0n) is 22.3. The standard InChI is InChI=1S/C29H31N3O5S2/c1-5-37-29(36)25-23-13-14-32(19(4)33)16-24(23)39-28(25)31-26(34)18(3)38-21-11-8-10-20(15-21)30-27(35)22-12-7-6-9-17(22)2/h6-12,15,18H,5,13-14,16H2,1-4H3,(H,30,35)(H,31,34). The summed E-state index contributed by atoms with van der Waals surface area (Å²) in [7, 11) is 0. The lowest BCUT2D eigenvalue weighted by Crippen LogP contribution is -2.34. The van der Waals surface area contributed by atoms with Crippen LogP contribution in [0.5, 0.6) is 0 Å². The molecule has 8 nitrogen and oxygen atoms in total. The molecule has 3 aromatic rings. The lowest BCUT2D eigenvalue weighted by Gasteiger charge is -2.25. The number of hydrogen-bond acceptors (Lipinski definition) is 7. The van der Waals surface area contributed by atoms with Gasteiger partial charge in [-0.05, 0) is 62.6 Å². The Morgan fingerprint density at radius 3 is 2.59 bits per heavy atom. The van der Waals surface area contributed by atoms with Crippen molar-refractivity contribution in [2.75, 3.05) is 23.8 Å². The molecule has 39 heavy (non-hydrogen) atoms. The maximum absolute atomic E-state index is 13.2. The summed E-state index contributed by atoms with van der Waals surface area (Å²) in [6, 6.07) is 14.7. The highest BCUT2D eigenvalue weighted by molar-refractivity contribution is 8.00. The van der Waals surface area contributed by atoms with Gasteiger partial charge < -0.3 is 20.3 Å². The van der Waals surface area contributed by atoms with E-state index in [1.807, 2.05) is 43.3 Å². The largest absolute Gasteiger partial charge is 0.462 e. The Morgan fingerprint density at radius 2 is 1.87 bits per heavy atom. The second kappa shape index (κ2) is 12.5.